The largest absolute Gasteiger partial charge is 0.322 e. The minimum Gasteiger partial charge on any atom is -0.322 e. The van der Waals surface area contributed by atoms with Gasteiger partial charge in [-0.15, -0.1) is 0 Å². The Morgan fingerprint density at radius 2 is 1.58 bits per heavy atom. The topological polar surface area (TPSA) is 29.3 Å². The van der Waals surface area contributed by atoms with Gasteiger partial charge in [-0.1, -0.05) is 25.0 Å². The number of hydrogen-bond donors (Lipinski definition) is 1. The van der Waals surface area contributed by atoms with E-state index in [1.807, 2.05) is 12.1 Å². The van der Waals surface area contributed by atoms with Gasteiger partial charge in [0.2, 0.25) is 0 Å². The second-order valence-electron chi connectivity index (χ2n) is 6.03. The molecule has 1 unspecified atom stereocenters. The Labute approximate surface area is 114 Å². The molecule has 2 N–H and O–H groups in total. The van der Waals surface area contributed by atoms with Crippen LogP contribution in [0, 0.1) is 5.82 Å². The molecule has 0 radical (unpaired) electrons. The molecule has 2 fully saturated rings. The van der Waals surface area contributed by atoms with Gasteiger partial charge in [-0.3, -0.25) is 4.90 Å². The molecule has 0 spiro atoms. The molecule has 3 heteroatoms. The monoisotopic (exact) mass is 262 g/mol. The van der Waals surface area contributed by atoms with Crippen molar-refractivity contribution in [2.45, 2.75) is 50.1 Å². The van der Waals surface area contributed by atoms with Gasteiger partial charge in [0.15, 0.2) is 0 Å². The fourth-order valence-electron chi connectivity index (χ4n) is 3.95. The van der Waals surface area contributed by atoms with Crippen LogP contribution in [0.25, 0.3) is 0 Å². The first-order valence-electron chi connectivity index (χ1n) is 7.48. The number of halogens is 1. The van der Waals surface area contributed by atoms with Crippen LogP contribution in [0.4, 0.5) is 4.39 Å². The second kappa shape index (κ2) is 5.22. The lowest BCUT2D eigenvalue weighted by atomic mass is 9.82. The Bertz CT molecular complexity index is 417. The van der Waals surface area contributed by atoms with E-state index < -0.39 is 0 Å². The molecule has 0 amide bonds. The summed E-state index contributed by atoms with van der Waals surface area (Å²) in [6, 6.07) is 6.78. The molecule has 0 bridgehead atoms. The van der Waals surface area contributed by atoms with E-state index in [-0.39, 0.29) is 17.4 Å². The fraction of sp³-hybridized carbons (Fsp3) is 0.625. The third-order valence-electron chi connectivity index (χ3n) is 5.01. The average Bonchev–Trinajstić information content (AvgIpc) is 3.10. The standard InChI is InChI=1S/C16H23FN2/c17-14-7-5-13(6-8-14)15(18)16(9-1-2-10-16)19-11-3-4-12-19/h5-8,15H,1-4,9-12,18H2. The first-order valence-corrected chi connectivity index (χ1v) is 7.48. The Morgan fingerprint density at radius 1 is 1.00 bits per heavy atom. The predicted molar refractivity (Wildman–Crippen MR) is 75.3 cm³/mol. The smallest absolute Gasteiger partial charge is 0.123 e. The maximum absolute atomic E-state index is 13.1. The summed E-state index contributed by atoms with van der Waals surface area (Å²) in [6.45, 7) is 2.35. The van der Waals surface area contributed by atoms with Gasteiger partial charge >= 0.3 is 0 Å². The van der Waals surface area contributed by atoms with Gasteiger partial charge in [-0.2, -0.15) is 0 Å². The van der Waals surface area contributed by atoms with Gasteiger partial charge in [0.1, 0.15) is 5.82 Å². The fourth-order valence-corrected chi connectivity index (χ4v) is 3.95. The van der Waals surface area contributed by atoms with Crippen molar-refractivity contribution < 1.29 is 4.39 Å². The summed E-state index contributed by atoms with van der Waals surface area (Å²) in [5.41, 5.74) is 7.80. The summed E-state index contributed by atoms with van der Waals surface area (Å²) in [7, 11) is 0. The Balaban J connectivity index is 1.88. The molecule has 1 saturated heterocycles. The van der Waals surface area contributed by atoms with Gasteiger partial charge in [-0.25, -0.2) is 4.39 Å². The molecular weight excluding hydrogens is 239 g/mol. The SMILES string of the molecule is NC(c1ccc(F)cc1)C1(N2CCCC2)CCCC1. The summed E-state index contributed by atoms with van der Waals surface area (Å²) >= 11 is 0. The number of nitrogens with zero attached hydrogens (tertiary/aromatic N) is 1. The Hall–Kier alpha value is -0.930. The van der Waals surface area contributed by atoms with E-state index in [4.69, 9.17) is 5.73 Å². The summed E-state index contributed by atoms with van der Waals surface area (Å²) in [6.07, 6.45) is 7.49. The van der Waals surface area contributed by atoms with Gasteiger partial charge < -0.3 is 5.73 Å². The van der Waals surface area contributed by atoms with E-state index in [0.717, 1.165) is 5.56 Å². The number of hydrogen-bond acceptors (Lipinski definition) is 2. The molecule has 0 aromatic heterocycles. The van der Waals surface area contributed by atoms with Crippen LogP contribution < -0.4 is 5.73 Å². The molecule has 1 aromatic carbocycles. The first kappa shape index (κ1) is 13.1. The van der Waals surface area contributed by atoms with E-state index in [0.29, 0.717) is 0 Å². The summed E-state index contributed by atoms with van der Waals surface area (Å²) in [4.78, 5) is 2.61. The summed E-state index contributed by atoms with van der Waals surface area (Å²) in [5.74, 6) is -0.183. The molecule has 2 aliphatic rings. The zero-order valence-corrected chi connectivity index (χ0v) is 11.4. The van der Waals surface area contributed by atoms with E-state index in [1.54, 1.807) is 0 Å². The zero-order valence-electron chi connectivity index (χ0n) is 11.4. The van der Waals surface area contributed by atoms with Crippen molar-refractivity contribution >= 4 is 0 Å². The van der Waals surface area contributed by atoms with Crippen LogP contribution in [0.5, 0.6) is 0 Å². The highest BCUT2D eigenvalue weighted by atomic mass is 19.1. The Morgan fingerprint density at radius 3 is 2.16 bits per heavy atom. The third-order valence-corrected chi connectivity index (χ3v) is 5.01. The van der Waals surface area contributed by atoms with E-state index >= 15 is 0 Å². The summed E-state index contributed by atoms with van der Waals surface area (Å²) in [5, 5.41) is 0. The molecule has 1 aliphatic heterocycles. The highest BCUT2D eigenvalue weighted by Crippen LogP contribution is 2.44. The maximum atomic E-state index is 13.1. The highest BCUT2D eigenvalue weighted by molar-refractivity contribution is 5.24. The van der Waals surface area contributed by atoms with E-state index in [1.165, 1.54) is 63.7 Å². The quantitative estimate of drug-likeness (QED) is 0.906. The van der Waals surface area contributed by atoms with Crippen LogP contribution in [0.15, 0.2) is 24.3 Å². The normalized spacial score (nSPS) is 24.7. The van der Waals surface area contributed by atoms with Crippen molar-refractivity contribution in [2.24, 2.45) is 5.73 Å². The molecule has 3 rings (SSSR count). The molecule has 104 valence electrons. The molecule has 1 heterocycles. The van der Waals surface area contributed by atoms with Crippen LogP contribution in [-0.4, -0.2) is 23.5 Å². The van der Waals surface area contributed by atoms with Crippen LogP contribution in [0.2, 0.25) is 0 Å². The molecule has 1 aromatic rings. The average molecular weight is 262 g/mol. The minimum atomic E-state index is -0.183. The van der Waals surface area contributed by atoms with Crippen LogP contribution >= 0.6 is 0 Å². The van der Waals surface area contributed by atoms with Crippen molar-refractivity contribution in [3.05, 3.63) is 35.6 Å². The van der Waals surface area contributed by atoms with Gasteiger partial charge in [-0.05, 0) is 56.5 Å². The van der Waals surface area contributed by atoms with Crippen molar-refractivity contribution in [3.63, 3.8) is 0 Å². The number of nitrogens with two attached hydrogens (primary N) is 1. The molecular formula is C16H23FN2. The maximum Gasteiger partial charge on any atom is 0.123 e. The lowest BCUT2D eigenvalue weighted by molar-refractivity contribution is 0.0921. The minimum absolute atomic E-state index is 0.00806. The predicted octanol–water partition coefficient (Wildman–Crippen LogP) is 3.23. The molecule has 1 atom stereocenters. The van der Waals surface area contributed by atoms with E-state index in [2.05, 4.69) is 4.90 Å². The number of rotatable bonds is 3. The second-order valence-corrected chi connectivity index (χ2v) is 6.03. The van der Waals surface area contributed by atoms with Crippen molar-refractivity contribution in [3.8, 4) is 0 Å². The first-order chi connectivity index (χ1) is 9.22. The van der Waals surface area contributed by atoms with Gasteiger partial charge in [0.25, 0.3) is 0 Å². The van der Waals surface area contributed by atoms with Crippen molar-refractivity contribution in [1.29, 1.82) is 0 Å². The Kier molecular flexibility index (Phi) is 3.59. The lowest BCUT2D eigenvalue weighted by Gasteiger charge is -2.43. The zero-order chi connectivity index (χ0) is 13.3. The van der Waals surface area contributed by atoms with Crippen molar-refractivity contribution in [1.82, 2.24) is 4.90 Å². The molecule has 1 aliphatic carbocycles. The van der Waals surface area contributed by atoms with Crippen molar-refractivity contribution in [2.75, 3.05) is 13.1 Å². The van der Waals surface area contributed by atoms with Gasteiger partial charge in [0.05, 0.1) is 0 Å². The molecule has 1 saturated carbocycles. The molecule has 2 nitrogen and oxygen atoms in total. The van der Waals surface area contributed by atoms with Crippen LogP contribution in [0.1, 0.15) is 50.1 Å². The number of benzene rings is 1. The lowest BCUT2D eigenvalue weighted by Crippen LogP contribution is -2.52. The van der Waals surface area contributed by atoms with E-state index in [9.17, 15) is 4.39 Å². The van der Waals surface area contributed by atoms with Crippen LogP contribution in [-0.2, 0) is 0 Å². The molecule has 19 heavy (non-hydrogen) atoms. The third kappa shape index (κ3) is 2.30. The van der Waals surface area contributed by atoms with Gasteiger partial charge in [0, 0.05) is 11.6 Å². The van der Waals surface area contributed by atoms with Crippen LogP contribution in [0.3, 0.4) is 0 Å². The highest BCUT2D eigenvalue weighted by Gasteiger charge is 2.45. The number of likely N-dealkylation sites (tertiary alicyclic amines) is 1. The summed E-state index contributed by atoms with van der Waals surface area (Å²) < 4.78 is 13.1.